The lowest BCUT2D eigenvalue weighted by Crippen LogP contribution is -2.46. The minimum atomic E-state index is -0.680. The van der Waals surface area contributed by atoms with Crippen molar-refractivity contribution >= 4 is 50.8 Å². The molecule has 1 aliphatic heterocycles. The summed E-state index contributed by atoms with van der Waals surface area (Å²) in [6.45, 7) is 1.90. The van der Waals surface area contributed by atoms with Gasteiger partial charge < -0.3 is 4.74 Å². The fourth-order valence-corrected chi connectivity index (χ4v) is 4.57. The number of ketones is 1. The Morgan fingerprint density at radius 3 is 2.95 bits per heavy atom. The maximum Gasteiger partial charge on any atom is 0.316 e. The molecule has 6 heteroatoms. The molecule has 0 N–H and O–H groups in total. The molecule has 0 spiro atoms. The van der Waals surface area contributed by atoms with E-state index in [0.29, 0.717) is 6.42 Å². The molecule has 1 aromatic rings. The molecule has 2 aliphatic rings. The zero-order chi connectivity index (χ0) is 15.1. The van der Waals surface area contributed by atoms with Crippen molar-refractivity contribution in [2.75, 3.05) is 7.11 Å². The van der Waals surface area contributed by atoms with Crippen LogP contribution in [-0.4, -0.2) is 29.8 Å². The molecule has 1 saturated carbocycles. The van der Waals surface area contributed by atoms with Gasteiger partial charge >= 0.3 is 5.97 Å². The number of halogens is 1. The molecule has 0 amide bonds. The zero-order valence-corrected chi connectivity index (χ0v) is 14.0. The van der Waals surface area contributed by atoms with E-state index in [1.165, 1.54) is 18.9 Å². The van der Waals surface area contributed by atoms with E-state index in [1.54, 1.807) is 0 Å². The summed E-state index contributed by atoms with van der Waals surface area (Å²) in [6, 6.07) is 5.84. The van der Waals surface area contributed by atoms with Gasteiger partial charge in [0.25, 0.3) is 0 Å². The molecule has 0 radical (unpaired) electrons. The molecule has 4 nitrogen and oxygen atoms in total. The van der Waals surface area contributed by atoms with Crippen LogP contribution in [0.1, 0.15) is 13.3 Å². The second-order valence-corrected chi connectivity index (χ2v) is 7.36. The van der Waals surface area contributed by atoms with Gasteiger partial charge in [-0.25, -0.2) is 0 Å². The van der Waals surface area contributed by atoms with Crippen LogP contribution in [0.4, 0.5) is 5.69 Å². The molecule has 1 aromatic carbocycles. The van der Waals surface area contributed by atoms with Gasteiger partial charge in [-0.1, -0.05) is 22.9 Å². The topological polar surface area (TPSA) is 55.7 Å². The zero-order valence-electron chi connectivity index (χ0n) is 11.6. The normalized spacial score (nSPS) is 27.5. The van der Waals surface area contributed by atoms with Crippen molar-refractivity contribution in [3.05, 3.63) is 22.7 Å². The van der Waals surface area contributed by atoms with Crippen molar-refractivity contribution in [3.63, 3.8) is 0 Å². The number of carbonyl (C=O) groups excluding carboxylic acids is 2. The van der Waals surface area contributed by atoms with Gasteiger partial charge in [0.05, 0.1) is 12.8 Å². The highest BCUT2D eigenvalue weighted by Crippen LogP contribution is 2.44. The predicted octanol–water partition coefficient (Wildman–Crippen LogP) is 3.39. The summed E-state index contributed by atoms with van der Waals surface area (Å²) in [5.74, 6) is -1.28. The monoisotopic (exact) mass is 367 g/mol. The van der Waals surface area contributed by atoms with Gasteiger partial charge in [0, 0.05) is 15.1 Å². The minimum Gasteiger partial charge on any atom is -0.468 e. The van der Waals surface area contributed by atoms with Gasteiger partial charge in [0.15, 0.2) is 5.78 Å². The molecular weight excluding hydrogens is 354 g/mol. The molecule has 110 valence electrons. The molecule has 0 bridgehead atoms. The average molecular weight is 368 g/mol. The Hall–Kier alpha value is -1.14. The molecule has 1 aliphatic carbocycles. The number of rotatable bonds is 1. The van der Waals surface area contributed by atoms with Gasteiger partial charge in [0.2, 0.25) is 0 Å². The third-order valence-electron chi connectivity index (χ3n) is 3.85. The summed E-state index contributed by atoms with van der Waals surface area (Å²) in [7, 11) is 1.33. The van der Waals surface area contributed by atoms with Crippen LogP contribution < -0.4 is 0 Å². The Morgan fingerprint density at radius 1 is 1.48 bits per heavy atom. The van der Waals surface area contributed by atoms with Crippen molar-refractivity contribution < 1.29 is 14.3 Å². The van der Waals surface area contributed by atoms with E-state index < -0.39 is 11.9 Å². The number of fused-ring (bicyclic) bond motifs is 2. The number of thioether (sulfide) groups is 1. The van der Waals surface area contributed by atoms with Crippen molar-refractivity contribution in [2.45, 2.75) is 23.5 Å². The number of hydrogen-bond acceptors (Lipinski definition) is 5. The molecule has 21 heavy (non-hydrogen) atoms. The van der Waals surface area contributed by atoms with Gasteiger partial charge in [-0.15, -0.1) is 11.8 Å². The second-order valence-electron chi connectivity index (χ2n) is 5.30. The third kappa shape index (κ3) is 2.55. The van der Waals surface area contributed by atoms with Crippen LogP contribution in [0.2, 0.25) is 0 Å². The highest BCUT2D eigenvalue weighted by Gasteiger charge is 2.46. The number of methoxy groups -OCH3 is 1. The van der Waals surface area contributed by atoms with E-state index in [1.807, 2.05) is 25.1 Å². The van der Waals surface area contributed by atoms with Crippen LogP contribution in [-0.2, 0) is 14.3 Å². The minimum absolute atomic E-state index is 0.0717. The maximum absolute atomic E-state index is 12.7. The first-order valence-electron chi connectivity index (χ1n) is 6.66. The van der Waals surface area contributed by atoms with E-state index in [0.717, 1.165) is 20.8 Å². The van der Waals surface area contributed by atoms with Crippen molar-refractivity contribution in [1.29, 1.82) is 0 Å². The summed E-state index contributed by atoms with van der Waals surface area (Å²) < 4.78 is 5.73. The highest BCUT2D eigenvalue weighted by atomic mass is 79.9. The van der Waals surface area contributed by atoms with Gasteiger partial charge in [-0.3, -0.25) is 14.6 Å². The van der Waals surface area contributed by atoms with E-state index in [4.69, 9.17) is 4.74 Å². The first-order valence-corrected chi connectivity index (χ1v) is 8.33. The Bertz CT molecular complexity index is 658. The third-order valence-corrected chi connectivity index (χ3v) is 5.67. The number of Topliss-reactive ketones (excluding diaryl/α,β-unsaturated/α-hetero) is 1. The number of aliphatic imine (C=N–C) groups is 1. The van der Waals surface area contributed by atoms with E-state index >= 15 is 0 Å². The molecule has 3 atom stereocenters. The second kappa shape index (κ2) is 5.57. The van der Waals surface area contributed by atoms with Crippen LogP contribution in [0.25, 0.3) is 0 Å². The lowest BCUT2D eigenvalue weighted by Gasteiger charge is -2.34. The molecule has 3 unspecified atom stereocenters. The van der Waals surface area contributed by atoms with Crippen molar-refractivity contribution in [3.8, 4) is 0 Å². The molecule has 0 aromatic heterocycles. The Morgan fingerprint density at radius 2 is 2.24 bits per heavy atom. The van der Waals surface area contributed by atoms with E-state index in [-0.39, 0.29) is 17.0 Å². The van der Waals surface area contributed by atoms with Crippen LogP contribution >= 0.6 is 27.7 Å². The first-order chi connectivity index (χ1) is 10.0. The molecular formula is C15H14BrNO3S. The van der Waals surface area contributed by atoms with E-state index in [2.05, 4.69) is 20.9 Å². The van der Waals surface area contributed by atoms with Crippen molar-refractivity contribution in [1.82, 2.24) is 0 Å². The molecule has 0 saturated heterocycles. The number of esters is 1. The maximum atomic E-state index is 12.7. The van der Waals surface area contributed by atoms with Gasteiger partial charge in [0.1, 0.15) is 11.2 Å². The summed E-state index contributed by atoms with van der Waals surface area (Å²) in [5.41, 5.74) is 1.76. The van der Waals surface area contributed by atoms with Crippen molar-refractivity contribution in [2.24, 2.45) is 16.8 Å². The SMILES string of the molecule is COC(=O)C1C(=O)C2Sc3cc(Br)ccc3N=C2CC1C. The largest absolute Gasteiger partial charge is 0.468 e. The lowest BCUT2D eigenvalue weighted by molar-refractivity contribution is -0.151. The number of nitrogens with zero attached hydrogens (tertiary/aromatic N) is 1. The molecule has 3 rings (SSSR count). The standard InChI is InChI=1S/C15H14BrNO3S/c1-7-5-10-14(13(18)12(7)15(19)20-2)21-11-6-8(16)3-4-9(11)17-10/h3-4,6-7,12,14H,5H2,1-2H3. The van der Waals surface area contributed by atoms with E-state index in [9.17, 15) is 9.59 Å². The summed E-state index contributed by atoms with van der Waals surface area (Å²) in [6.07, 6.45) is 0.651. The van der Waals surface area contributed by atoms with Gasteiger partial charge in [-0.05, 0) is 30.5 Å². The lowest BCUT2D eigenvalue weighted by atomic mass is 9.78. The quantitative estimate of drug-likeness (QED) is 0.563. The highest BCUT2D eigenvalue weighted by molar-refractivity contribution is 9.10. The summed E-state index contributed by atoms with van der Waals surface area (Å²) >= 11 is 4.91. The fourth-order valence-electron chi connectivity index (χ4n) is 2.82. The average Bonchev–Trinajstić information content (AvgIpc) is 2.45. The predicted molar refractivity (Wildman–Crippen MR) is 85.2 cm³/mol. The fraction of sp³-hybridized carbons (Fsp3) is 0.400. The summed E-state index contributed by atoms with van der Waals surface area (Å²) in [5, 5.41) is -0.368. The Labute approximate surface area is 135 Å². The van der Waals surface area contributed by atoms with Crippen LogP contribution in [0.15, 0.2) is 32.6 Å². The number of hydrogen-bond donors (Lipinski definition) is 0. The van der Waals surface area contributed by atoms with Crippen LogP contribution in [0.5, 0.6) is 0 Å². The Balaban J connectivity index is 1.98. The molecule has 1 fully saturated rings. The number of ether oxygens (including phenoxy) is 1. The number of benzene rings is 1. The summed E-state index contributed by atoms with van der Waals surface area (Å²) in [4.78, 5) is 30.1. The smallest absolute Gasteiger partial charge is 0.316 e. The van der Waals surface area contributed by atoms with Crippen LogP contribution in [0.3, 0.4) is 0 Å². The first kappa shape index (κ1) is 14.8. The Kier molecular flexibility index (Phi) is 3.92. The van der Waals surface area contributed by atoms with Crippen LogP contribution in [0, 0.1) is 11.8 Å². The van der Waals surface area contributed by atoms with Gasteiger partial charge in [-0.2, -0.15) is 0 Å². The number of carbonyl (C=O) groups is 2. The molecule has 1 heterocycles.